The molecule has 0 saturated heterocycles. The molecule has 8 heteroatoms. The lowest BCUT2D eigenvalue weighted by Gasteiger charge is -2.07. The van der Waals surface area contributed by atoms with E-state index >= 15 is 0 Å². The Balaban J connectivity index is 1.69. The molecule has 2 aromatic heterocycles. The summed E-state index contributed by atoms with van der Waals surface area (Å²) in [4.78, 5) is 28.6. The number of carbonyl (C=O) groups is 2. The Morgan fingerprint density at radius 3 is 2.50 bits per heavy atom. The Hall–Kier alpha value is -2.83. The average Bonchev–Trinajstić information content (AvgIpc) is 3.12. The van der Waals surface area contributed by atoms with Crippen molar-refractivity contribution in [1.82, 2.24) is 10.3 Å². The van der Waals surface area contributed by atoms with Gasteiger partial charge in [0.05, 0.1) is 12.8 Å². The largest absolute Gasteiger partial charge is 0.467 e. The van der Waals surface area contributed by atoms with E-state index in [1.54, 1.807) is 30.3 Å². The number of aromatic nitrogens is 1. The third-order valence-corrected chi connectivity index (χ3v) is 3.81. The summed E-state index contributed by atoms with van der Waals surface area (Å²) in [7, 11) is 0. The molecule has 0 bridgehead atoms. The highest BCUT2D eigenvalue weighted by Crippen LogP contribution is 2.22. The van der Waals surface area contributed by atoms with E-state index in [1.165, 1.54) is 24.6 Å². The molecule has 2 N–H and O–H groups in total. The van der Waals surface area contributed by atoms with Gasteiger partial charge in [0.2, 0.25) is 0 Å². The highest BCUT2D eigenvalue weighted by atomic mass is 35.5. The first kappa shape index (κ1) is 18.0. The first-order valence-electron chi connectivity index (χ1n) is 7.55. The molecule has 1 aromatic carbocycles. The number of carbonyl (C=O) groups excluding carboxylic acids is 2. The van der Waals surface area contributed by atoms with Gasteiger partial charge in [-0.05, 0) is 42.5 Å². The minimum atomic E-state index is -0.482. The van der Waals surface area contributed by atoms with Crippen molar-refractivity contribution in [2.24, 2.45) is 0 Å². The van der Waals surface area contributed by atoms with E-state index in [0.29, 0.717) is 27.1 Å². The number of rotatable bonds is 5. The van der Waals surface area contributed by atoms with Crippen LogP contribution in [0.15, 0.2) is 59.3 Å². The third kappa shape index (κ3) is 4.62. The summed E-state index contributed by atoms with van der Waals surface area (Å²) >= 11 is 11.8. The Labute approximate surface area is 159 Å². The summed E-state index contributed by atoms with van der Waals surface area (Å²) in [6, 6.07) is 11.1. The van der Waals surface area contributed by atoms with Crippen molar-refractivity contribution >= 4 is 40.7 Å². The van der Waals surface area contributed by atoms with Crippen LogP contribution in [0.25, 0.3) is 0 Å². The minimum Gasteiger partial charge on any atom is -0.467 e. The predicted molar refractivity (Wildman–Crippen MR) is 98.5 cm³/mol. The molecule has 2 heterocycles. The first-order chi connectivity index (χ1) is 12.5. The molecule has 0 atom stereocenters. The van der Waals surface area contributed by atoms with Crippen molar-refractivity contribution in [3.63, 3.8) is 0 Å². The van der Waals surface area contributed by atoms with Crippen LogP contribution >= 0.6 is 23.2 Å². The lowest BCUT2D eigenvalue weighted by molar-refractivity contribution is 0.0948. The van der Waals surface area contributed by atoms with E-state index in [4.69, 9.17) is 27.6 Å². The maximum atomic E-state index is 12.3. The van der Waals surface area contributed by atoms with Gasteiger partial charge in [0.25, 0.3) is 11.8 Å². The number of anilines is 1. The molecule has 0 aliphatic rings. The Kier molecular flexibility index (Phi) is 5.55. The van der Waals surface area contributed by atoms with Gasteiger partial charge in [0.15, 0.2) is 0 Å². The third-order valence-electron chi connectivity index (χ3n) is 3.38. The van der Waals surface area contributed by atoms with Gasteiger partial charge in [0, 0.05) is 27.5 Å². The van der Waals surface area contributed by atoms with Crippen LogP contribution in [0.4, 0.5) is 5.69 Å². The molecule has 2 amide bonds. The maximum Gasteiger partial charge on any atom is 0.274 e. The number of pyridine rings is 1. The molecule has 0 aliphatic carbocycles. The first-order valence-corrected chi connectivity index (χ1v) is 8.31. The van der Waals surface area contributed by atoms with E-state index in [-0.39, 0.29) is 18.1 Å². The fraction of sp³-hybridized carbons (Fsp3) is 0.0556. The monoisotopic (exact) mass is 389 g/mol. The van der Waals surface area contributed by atoms with Crippen LogP contribution in [0.3, 0.4) is 0 Å². The maximum absolute atomic E-state index is 12.3. The molecule has 3 aromatic rings. The Morgan fingerprint density at radius 1 is 1.04 bits per heavy atom. The van der Waals surface area contributed by atoms with Crippen molar-refractivity contribution < 1.29 is 14.0 Å². The van der Waals surface area contributed by atoms with E-state index in [9.17, 15) is 9.59 Å². The molecule has 0 radical (unpaired) electrons. The summed E-state index contributed by atoms with van der Waals surface area (Å²) in [6.07, 6.45) is 2.92. The van der Waals surface area contributed by atoms with E-state index < -0.39 is 5.91 Å². The second-order valence-electron chi connectivity index (χ2n) is 5.30. The lowest BCUT2D eigenvalue weighted by atomic mass is 10.2. The summed E-state index contributed by atoms with van der Waals surface area (Å²) in [5, 5.41) is 6.14. The van der Waals surface area contributed by atoms with Crippen LogP contribution in [0.2, 0.25) is 10.0 Å². The van der Waals surface area contributed by atoms with Gasteiger partial charge in [0.1, 0.15) is 11.5 Å². The zero-order valence-electron chi connectivity index (χ0n) is 13.3. The summed E-state index contributed by atoms with van der Waals surface area (Å²) < 4.78 is 5.15. The minimum absolute atomic E-state index is 0.0896. The summed E-state index contributed by atoms with van der Waals surface area (Å²) in [6.45, 7) is 0.247. The molecule has 3 rings (SSSR count). The molecule has 26 heavy (non-hydrogen) atoms. The molecule has 132 valence electrons. The van der Waals surface area contributed by atoms with Crippen LogP contribution in [0, 0.1) is 0 Å². The number of nitrogens with zero attached hydrogens (tertiary/aromatic N) is 1. The highest BCUT2D eigenvalue weighted by Gasteiger charge is 2.13. The number of nitrogens with one attached hydrogen (secondary N) is 2. The van der Waals surface area contributed by atoms with E-state index in [2.05, 4.69) is 15.6 Å². The van der Waals surface area contributed by atoms with Gasteiger partial charge in [-0.15, -0.1) is 0 Å². The van der Waals surface area contributed by atoms with Crippen molar-refractivity contribution in [3.05, 3.63) is 82.0 Å². The zero-order chi connectivity index (χ0) is 18.5. The summed E-state index contributed by atoms with van der Waals surface area (Å²) in [5.41, 5.74) is 0.828. The van der Waals surface area contributed by atoms with Crippen molar-refractivity contribution in [1.29, 1.82) is 0 Å². The quantitative estimate of drug-likeness (QED) is 0.685. The fourth-order valence-corrected chi connectivity index (χ4v) is 2.73. The van der Waals surface area contributed by atoms with Crippen molar-refractivity contribution in [2.75, 3.05) is 5.32 Å². The van der Waals surface area contributed by atoms with Crippen LogP contribution in [-0.4, -0.2) is 16.8 Å². The van der Waals surface area contributed by atoms with Crippen molar-refractivity contribution in [3.8, 4) is 0 Å². The van der Waals surface area contributed by atoms with Gasteiger partial charge in [-0.1, -0.05) is 23.2 Å². The number of hydrogen-bond donors (Lipinski definition) is 2. The van der Waals surface area contributed by atoms with Gasteiger partial charge >= 0.3 is 0 Å². The fourth-order valence-electron chi connectivity index (χ4n) is 2.20. The number of benzene rings is 1. The Morgan fingerprint density at radius 2 is 1.81 bits per heavy atom. The topological polar surface area (TPSA) is 84.2 Å². The SMILES string of the molecule is O=C(NCc1ccco1)c1ccnc(C(=O)Nc2cc(Cl)cc(Cl)c2)c1. The molecule has 0 unspecified atom stereocenters. The van der Waals surface area contributed by atoms with Crippen molar-refractivity contribution in [2.45, 2.75) is 6.54 Å². The second kappa shape index (κ2) is 8.03. The normalized spacial score (nSPS) is 10.4. The number of halogens is 2. The van der Waals surface area contributed by atoms with Crippen LogP contribution in [-0.2, 0) is 6.54 Å². The predicted octanol–water partition coefficient (Wildman–Crippen LogP) is 4.16. The number of amides is 2. The molecule has 6 nitrogen and oxygen atoms in total. The molecule has 0 saturated carbocycles. The van der Waals surface area contributed by atoms with E-state index in [1.807, 2.05) is 0 Å². The van der Waals surface area contributed by atoms with Crippen LogP contribution in [0.1, 0.15) is 26.6 Å². The second-order valence-corrected chi connectivity index (χ2v) is 6.18. The van der Waals surface area contributed by atoms with E-state index in [0.717, 1.165) is 0 Å². The zero-order valence-corrected chi connectivity index (χ0v) is 14.8. The smallest absolute Gasteiger partial charge is 0.274 e. The lowest BCUT2D eigenvalue weighted by Crippen LogP contribution is -2.23. The Bertz CT molecular complexity index is 922. The number of hydrogen-bond acceptors (Lipinski definition) is 4. The summed E-state index contributed by atoms with van der Waals surface area (Å²) in [5.74, 6) is -0.198. The van der Waals surface area contributed by atoms with Gasteiger partial charge in [-0.25, -0.2) is 0 Å². The highest BCUT2D eigenvalue weighted by molar-refractivity contribution is 6.35. The molecule has 0 spiro atoms. The van der Waals surface area contributed by atoms with Crippen LogP contribution < -0.4 is 10.6 Å². The average molecular weight is 390 g/mol. The van der Waals surface area contributed by atoms with Gasteiger partial charge in [-0.3, -0.25) is 14.6 Å². The van der Waals surface area contributed by atoms with Gasteiger partial charge in [-0.2, -0.15) is 0 Å². The van der Waals surface area contributed by atoms with Gasteiger partial charge < -0.3 is 15.1 Å². The molecule has 0 fully saturated rings. The molecule has 0 aliphatic heterocycles. The number of furan rings is 1. The van der Waals surface area contributed by atoms with Crippen LogP contribution in [0.5, 0.6) is 0 Å². The standard InChI is InChI=1S/C18H13Cl2N3O3/c19-12-7-13(20)9-14(8-12)23-18(25)16-6-11(3-4-21-16)17(24)22-10-15-2-1-5-26-15/h1-9H,10H2,(H,22,24)(H,23,25). The molecular weight excluding hydrogens is 377 g/mol. The molecular formula is C18H13Cl2N3O3.